The molecule has 1 N–H and O–H groups in total. The highest BCUT2D eigenvalue weighted by Crippen LogP contribution is 2.06. The third kappa shape index (κ3) is 5.91. The van der Waals surface area contributed by atoms with E-state index >= 15 is 0 Å². The van der Waals surface area contributed by atoms with Gasteiger partial charge in [0.05, 0.1) is 12.2 Å². The zero-order valence-corrected chi connectivity index (χ0v) is 12.1. The number of alkyl carbamates (subject to hydrolysis) is 1. The standard InChI is InChI=1S/C15H20N2O2/c1-11-8-9-13(12(2)17-11)7-6-10-16-14(18)19-15(3,4)5/h8-9H,10H2,1-5H3,(H,16,18). The molecule has 1 aromatic rings. The third-order valence-corrected chi connectivity index (χ3v) is 2.17. The molecule has 0 unspecified atom stereocenters. The molecular weight excluding hydrogens is 240 g/mol. The molecule has 0 aliphatic carbocycles. The highest BCUT2D eigenvalue weighted by molar-refractivity contribution is 5.68. The van der Waals surface area contributed by atoms with E-state index in [4.69, 9.17) is 4.74 Å². The van der Waals surface area contributed by atoms with Crippen LogP contribution in [0.4, 0.5) is 4.79 Å². The molecule has 0 saturated heterocycles. The van der Waals surface area contributed by atoms with Gasteiger partial charge in [-0.2, -0.15) is 0 Å². The molecule has 4 heteroatoms. The van der Waals surface area contributed by atoms with Gasteiger partial charge in [0.15, 0.2) is 0 Å². The molecule has 1 aromatic heterocycles. The molecule has 1 rings (SSSR count). The summed E-state index contributed by atoms with van der Waals surface area (Å²) in [5.74, 6) is 5.85. The molecule has 0 aliphatic rings. The van der Waals surface area contributed by atoms with Crippen LogP contribution in [0.1, 0.15) is 37.7 Å². The predicted octanol–water partition coefficient (Wildman–Crippen LogP) is 2.57. The SMILES string of the molecule is Cc1ccc(C#CCNC(=O)OC(C)(C)C)c(C)n1. The summed E-state index contributed by atoms with van der Waals surface area (Å²) in [6.07, 6.45) is -0.458. The summed E-state index contributed by atoms with van der Waals surface area (Å²) in [5.41, 5.74) is 2.24. The fraction of sp³-hybridized carbons (Fsp3) is 0.467. The van der Waals surface area contributed by atoms with Crippen molar-refractivity contribution in [2.75, 3.05) is 6.54 Å². The van der Waals surface area contributed by atoms with Crippen molar-refractivity contribution < 1.29 is 9.53 Å². The van der Waals surface area contributed by atoms with Gasteiger partial charge in [0.25, 0.3) is 0 Å². The fourth-order valence-corrected chi connectivity index (χ4v) is 1.39. The van der Waals surface area contributed by atoms with Crippen molar-refractivity contribution in [3.8, 4) is 11.8 Å². The van der Waals surface area contributed by atoms with Crippen LogP contribution >= 0.6 is 0 Å². The quantitative estimate of drug-likeness (QED) is 0.790. The van der Waals surface area contributed by atoms with Crippen molar-refractivity contribution in [2.24, 2.45) is 0 Å². The van der Waals surface area contributed by atoms with Crippen molar-refractivity contribution in [1.82, 2.24) is 10.3 Å². The molecule has 0 atom stereocenters. The number of carbonyl (C=O) groups is 1. The van der Waals surface area contributed by atoms with E-state index in [2.05, 4.69) is 22.1 Å². The summed E-state index contributed by atoms with van der Waals surface area (Å²) in [6.45, 7) is 9.56. The van der Waals surface area contributed by atoms with E-state index < -0.39 is 11.7 Å². The van der Waals surface area contributed by atoms with Gasteiger partial charge in [-0.1, -0.05) is 11.8 Å². The maximum absolute atomic E-state index is 11.4. The van der Waals surface area contributed by atoms with Gasteiger partial charge in [-0.05, 0) is 46.8 Å². The second-order valence-corrected chi connectivity index (χ2v) is 5.24. The van der Waals surface area contributed by atoms with Crippen LogP contribution in [0.2, 0.25) is 0 Å². The first-order valence-corrected chi connectivity index (χ1v) is 6.18. The first-order chi connectivity index (χ1) is 8.78. The molecule has 19 heavy (non-hydrogen) atoms. The number of ether oxygens (including phenoxy) is 1. The first kappa shape index (κ1) is 15.0. The molecular formula is C15H20N2O2. The average Bonchev–Trinajstić information content (AvgIpc) is 2.24. The maximum atomic E-state index is 11.4. The Kier molecular flexibility index (Phi) is 4.94. The van der Waals surface area contributed by atoms with Crippen molar-refractivity contribution in [3.05, 3.63) is 29.1 Å². The van der Waals surface area contributed by atoms with Crippen LogP contribution in [0.5, 0.6) is 0 Å². The molecule has 1 amide bonds. The molecule has 0 saturated carbocycles. The zero-order chi connectivity index (χ0) is 14.5. The number of hydrogen-bond acceptors (Lipinski definition) is 3. The number of carbonyl (C=O) groups excluding carboxylic acids is 1. The molecule has 0 fully saturated rings. The van der Waals surface area contributed by atoms with E-state index in [-0.39, 0.29) is 6.54 Å². The molecule has 0 spiro atoms. The molecule has 0 aliphatic heterocycles. The zero-order valence-electron chi connectivity index (χ0n) is 12.1. The van der Waals surface area contributed by atoms with Gasteiger partial charge in [-0.25, -0.2) is 4.79 Å². The number of hydrogen-bond donors (Lipinski definition) is 1. The van der Waals surface area contributed by atoms with Crippen LogP contribution in [0.3, 0.4) is 0 Å². The van der Waals surface area contributed by atoms with Crippen molar-refractivity contribution >= 4 is 6.09 Å². The first-order valence-electron chi connectivity index (χ1n) is 6.18. The highest BCUT2D eigenvalue weighted by Gasteiger charge is 2.14. The Morgan fingerprint density at radius 2 is 2.05 bits per heavy atom. The van der Waals surface area contributed by atoms with Gasteiger partial charge >= 0.3 is 6.09 Å². The topological polar surface area (TPSA) is 51.2 Å². The molecule has 4 nitrogen and oxygen atoms in total. The van der Waals surface area contributed by atoms with Gasteiger partial charge < -0.3 is 10.1 Å². The number of aromatic nitrogens is 1. The molecule has 0 aromatic carbocycles. The minimum Gasteiger partial charge on any atom is -0.444 e. The number of rotatable bonds is 1. The summed E-state index contributed by atoms with van der Waals surface area (Å²) in [7, 11) is 0. The minimum atomic E-state index is -0.491. The van der Waals surface area contributed by atoms with E-state index in [1.165, 1.54) is 0 Å². The van der Waals surface area contributed by atoms with E-state index in [9.17, 15) is 4.79 Å². The lowest BCUT2D eigenvalue weighted by molar-refractivity contribution is 0.0535. The summed E-state index contributed by atoms with van der Waals surface area (Å²) < 4.78 is 5.10. The predicted molar refractivity (Wildman–Crippen MR) is 74.8 cm³/mol. The van der Waals surface area contributed by atoms with Crippen LogP contribution in [0.25, 0.3) is 0 Å². The van der Waals surface area contributed by atoms with Crippen LogP contribution in [-0.2, 0) is 4.74 Å². The average molecular weight is 260 g/mol. The Balaban J connectivity index is 2.50. The van der Waals surface area contributed by atoms with Crippen LogP contribution in [0.15, 0.2) is 12.1 Å². The van der Waals surface area contributed by atoms with Gasteiger partial charge in [0.2, 0.25) is 0 Å². The smallest absolute Gasteiger partial charge is 0.408 e. The van der Waals surface area contributed by atoms with Gasteiger partial charge in [-0.15, -0.1) is 0 Å². The monoisotopic (exact) mass is 260 g/mol. The normalized spacial score (nSPS) is 10.4. The second-order valence-electron chi connectivity index (χ2n) is 5.24. The number of amides is 1. The van der Waals surface area contributed by atoms with Crippen LogP contribution in [-0.4, -0.2) is 23.2 Å². The van der Waals surface area contributed by atoms with Gasteiger partial charge in [0, 0.05) is 11.3 Å². The Morgan fingerprint density at radius 3 is 2.63 bits per heavy atom. The summed E-state index contributed by atoms with van der Waals surface area (Å²) in [6, 6.07) is 3.84. The summed E-state index contributed by atoms with van der Waals surface area (Å²) in [5, 5.41) is 2.59. The fourth-order valence-electron chi connectivity index (χ4n) is 1.39. The van der Waals surface area contributed by atoms with Gasteiger partial charge in [-0.3, -0.25) is 4.98 Å². The lowest BCUT2D eigenvalue weighted by Gasteiger charge is -2.19. The number of aryl methyl sites for hydroxylation is 2. The highest BCUT2D eigenvalue weighted by atomic mass is 16.6. The lowest BCUT2D eigenvalue weighted by Crippen LogP contribution is -2.32. The van der Waals surface area contributed by atoms with Crippen molar-refractivity contribution in [3.63, 3.8) is 0 Å². The van der Waals surface area contributed by atoms with E-state index in [1.807, 2.05) is 46.8 Å². The van der Waals surface area contributed by atoms with Crippen LogP contribution < -0.4 is 5.32 Å². The second kappa shape index (κ2) is 6.24. The Morgan fingerprint density at radius 1 is 1.37 bits per heavy atom. The van der Waals surface area contributed by atoms with Crippen molar-refractivity contribution in [2.45, 2.75) is 40.2 Å². The molecule has 0 bridgehead atoms. The lowest BCUT2D eigenvalue weighted by atomic mass is 10.2. The molecule has 0 radical (unpaired) electrons. The summed E-state index contributed by atoms with van der Waals surface area (Å²) in [4.78, 5) is 15.7. The number of pyridine rings is 1. The largest absolute Gasteiger partial charge is 0.444 e. The molecule has 102 valence electrons. The van der Waals surface area contributed by atoms with Gasteiger partial charge in [0.1, 0.15) is 5.60 Å². The minimum absolute atomic E-state index is 0.252. The number of nitrogens with zero attached hydrogens (tertiary/aromatic N) is 1. The third-order valence-electron chi connectivity index (χ3n) is 2.17. The Hall–Kier alpha value is -2.02. The van der Waals surface area contributed by atoms with E-state index in [0.29, 0.717) is 0 Å². The van der Waals surface area contributed by atoms with Crippen molar-refractivity contribution in [1.29, 1.82) is 0 Å². The molecule has 1 heterocycles. The summed E-state index contributed by atoms with van der Waals surface area (Å²) >= 11 is 0. The maximum Gasteiger partial charge on any atom is 0.408 e. The Labute approximate surface area is 114 Å². The Bertz CT molecular complexity index is 519. The van der Waals surface area contributed by atoms with E-state index in [1.54, 1.807) is 0 Å². The van der Waals surface area contributed by atoms with E-state index in [0.717, 1.165) is 17.0 Å². The van der Waals surface area contributed by atoms with Crippen LogP contribution in [0, 0.1) is 25.7 Å². The number of nitrogens with one attached hydrogen (secondary N) is 1.